The number of ether oxygens (including phenoxy) is 4. The van der Waals surface area contributed by atoms with E-state index in [1.54, 1.807) is 11.0 Å². The van der Waals surface area contributed by atoms with Crippen LogP contribution in [-0.2, 0) is 0 Å². The van der Waals surface area contributed by atoms with Crippen molar-refractivity contribution in [1.29, 1.82) is 0 Å². The number of fused-ring (bicyclic) bond motifs is 3. The Bertz CT molecular complexity index is 962. The van der Waals surface area contributed by atoms with E-state index >= 15 is 0 Å². The number of hydrogen-bond donors (Lipinski definition) is 1. The molecule has 7 nitrogen and oxygen atoms in total. The Morgan fingerprint density at radius 1 is 0.963 bits per heavy atom. The van der Waals surface area contributed by atoms with E-state index in [4.69, 9.17) is 30.5 Å². The smallest absolute Gasteiger partial charge is 0.322 e. The highest BCUT2D eigenvalue weighted by molar-refractivity contribution is 6.31. The number of benzene rings is 2. The summed E-state index contributed by atoms with van der Waals surface area (Å²) < 4.78 is 21.9. The summed E-state index contributed by atoms with van der Waals surface area (Å²) in [5, 5.41) is 3.55. The quantitative estimate of drug-likeness (QED) is 0.846. The summed E-state index contributed by atoms with van der Waals surface area (Å²) in [5.74, 6) is 2.48. The second-order valence-corrected chi connectivity index (χ2v) is 7.24. The molecular formula is C19H17ClN2O5. The van der Waals surface area contributed by atoms with Crippen LogP contribution in [0.3, 0.4) is 0 Å². The second kappa shape index (κ2) is 5.85. The first kappa shape index (κ1) is 16.4. The van der Waals surface area contributed by atoms with Gasteiger partial charge in [0.1, 0.15) is 0 Å². The van der Waals surface area contributed by atoms with E-state index in [2.05, 4.69) is 5.32 Å². The summed E-state index contributed by atoms with van der Waals surface area (Å²) in [6.45, 7) is 4.24. The second-order valence-electron chi connectivity index (χ2n) is 6.84. The van der Waals surface area contributed by atoms with Crippen LogP contribution in [0.25, 0.3) is 0 Å². The average molecular weight is 389 g/mol. The van der Waals surface area contributed by atoms with Gasteiger partial charge in [0.25, 0.3) is 0 Å². The molecule has 0 aliphatic carbocycles. The van der Waals surface area contributed by atoms with Gasteiger partial charge in [-0.15, -0.1) is 0 Å². The van der Waals surface area contributed by atoms with Crippen LogP contribution in [0.15, 0.2) is 24.3 Å². The molecule has 0 spiro atoms. The van der Waals surface area contributed by atoms with Gasteiger partial charge >= 0.3 is 6.03 Å². The van der Waals surface area contributed by atoms with Crippen molar-refractivity contribution >= 4 is 23.3 Å². The molecule has 0 saturated heterocycles. The van der Waals surface area contributed by atoms with E-state index in [9.17, 15) is 4.79 Å². The standard InChI is InChI=1S/C19H17ClN2O5/c1-9(2)22-13-6-17-15(25-8-27-17)4-11(13)18(21-19(22)23)10-3-14-16(5-12(10)20)26-7-24-14/h3-6,9,18H,7-8H2,1-2H3,(H,21,23). The first-order chi connectivity index (χ1) is 13.0. The topological polar surface area (TPSA) is 69.3 Å². The number of amides is 2. The highest BCUT2D eigenvalue weighted by atomic mass is 35.5. The van der Waals surface area contributed by atoms with Crippen molar-refractivity contribution in [2.75, 3.05) is 18.5 Å². The number of halogens is 1. The molecule has 2 aromatic carbocycles. The third-order valence-electron chi connectivity index (χ3n) is 4.90. The van der Waals surface area contributed by atoms with Gasteiger partial charge in [0.15, 0.2) is 23.0 Å². The van der Waals surface area contributed by atoms with Gasteiger partial charge in [-0.3, -0.25) is 4.90 Å². The monoisotopic (exact) mass is 388 g/mol. The Hall–Kier alpha value is -2.80. The van der Waals surface area contributed by atoms with Crippen molar-refractivity contribution in [1.82, 2.24) is 5.32 Å². The highest BCUT2D eigenvalue weighted by Gasteiger charge is 2.37. The summed E-state index contributed by atoms with van der Waals surface area (Å²) >= 11 is 6.52. The maximum atomic E-state index is 12.9. The summed E-state index contributed by atoms with van der Waals surface area (Å²) in [7, 11) is 0. The lowest BCUT2D eigenvalue weighted by Gasteiger charge is -2.38. The van der Waals surface area contributed by atoms with Crippen LogP contribution in [-0.4, -0.2) is 25.7 Å². The molecule has 3 heterocycles. The molecule has 0 bridgehead atoms. The van der Waals surface area contributed by atoms with Crippen LogP contribution in [0, 0.1) is 0 Å². The van der Waals surface area contributed by atoms with Gasteiger partial charge in [0.05, 0.1) is 16.8 Å². The zero-order valence-corrected chi connectivity index (χ0v) is 15.5. The summed E-state index contributed by atoms with van der Waals surface area (Å²) in [5.41, 5.74) is 2.39. The van der Waals surface area contributed by atoms with Gasteiger partial charge in [-0.1, -0.05) is 11.6 Å². The Labute approximate surface area is 160 Å². The van der Waals surface area contributed by atoms with Gasteiger partial charge in [-0.2, -0.15) is 0 Å². The first-order valence-electron chi connectivity index (χ1n) is 8.65. The number of urea groups is 1. The van der Waals surface area contributed by atoms with E-state index in [1.807, 2.05) is 32.0 Å². The first-order valence-corrected chi connectivity index (χ1v) is 9.03. The zero-order chi connectivity index (χ0) is 18.7. The molecule has 2 amide bonds. The molecule has 0 saturated carbocycles. The fourth-order valence-electron chi connectivity index (χ4n) is 3.68. The van der Waals surface area contributed by atoms with Gasteiger partial charge in [-0.05, 0) is 26.0 Å². The molecule has 3 aliphatic heterocycles. The maximum absolute atomic E-state index is 12.9. The predicted molar refractivity (Wildman–Crippen MR) is 98.1 cm³/mol. The molecule has 0 radical (unpaired) electrons. The fraction of sp³-hybridized carbons (Fsp3) is 0.316. The van der Waals surface area contributed by atoms with Crippen LogP contribution in [0.5, 0.6) is 23.0 Å². The van der Waals surface area contributed by atoms with E-state index in [0.29, 0.717) is 28.0 Å². The van der Waals surface area contributed by atoms with Gasteiger partial charge in [0, 0.05) is 29.3 Å². The summed E-state index contributed by atoms with van der Waals surface area (Å²) in [6, 6.07) is 6.61. The largest absolute Gasteiger partial charge is 0.454 e. The van der Waals surface area contributed by atoms with Crippen molar-refractivity contribution in [2.24, 2.45) is 0 Å². The van der Waals surface area contributed by atoms with Crippen molar-refractivity contribution in [2.45, 2.75) is 25.9 Å². The highest BCUT2D eigenvalue weighted by Crippen LogP contribution is 2.47. The molecule has 0 aromatic heterocycles. The van der Waals surface area contributed by atoms with Crippen molar-refractivity contribution in [3.05, 3.63) is 40.4 Å². The minimum atomic E-state index is -0.445. The van der Waals surface area contributed by atoms with Crippen molar-refractivity contribution < 1.29 is 23.7 Å². The lowest BCUT2D eigenvalue weighted by atomic mass is 9.93. The minimum Gasteiger partial charge on any atom is -0.454 e. The van der Waals surface area contributed by atoms with Gasteiger partial charge in [-0.25, -0.2) is 4.79 Å². The SMILES string of the molecule is CC(C)N1C(=O)NC(c2cc3c(cc2Cl)OCO3)c2cc3c(cc21)OCO3. The Balaban J connectivity index is 1.69. The van der Waals surface area contributed by atoms with Crippen LogP contribution >= 0.6 is 11.6 Å². The Morgan fingerprint density at radius 2 is 1.52 bits per heavy atom. The van der Waals surface area contributed by atoms with Gasteiger partial charge in [0.2, 0.25) is 13.6 Å². The maximum Gasteiger partial charge on any atom is 0.322 e. The number of hydrogen-bond acceptors (Lipinski definition) is 5. The molecular weight excluding hydrogens is 372 g/mol. The number of carbonyl (C=O) groups excluding carboxylic acids is 1. The average Bonchev–Trinajstić information content (AvgIpc) is 3.26. The lowest BCUT2D eigenvalue weighted by Crippen LogP contribution is -2.50. The molecule has 3 aliphatic rings. The molecule has 8 heteroatoms. The third kappa shape index (κ3) is 2.45. The normalized spacial score (nSPS) is 19.3. The third-order valence-corrected chi connectivity index (χ3v) is 5.23. The predicted octanol–water partition coefficient (Wildman–Crippen LogP) is 3.82. The number of carbonyl (C=O) groups is 1. The van der Waals surface area contributed by atoms with Crippen LogP contribution in [0.1, 0.15) is 31.0 Å². The van der Waals surface area contributed by atoms with E-state index in [-0.39, 0.29) is 25.7 Å². The Morgan fingerprint density at radius 3 is 2.15 bits per heavy atom. The summed E-state index contributed by atoms with van der Waals surface area (Å²) in [6.07, 6.45) is 0. The molecule has 140 valence electrons. The van der Waals surface area contributed by atoms with Crippen LogP contribution < -0.4 is 29.2 Å². The van der Waals surface area contributed by atoms with Crippen molar-refractivity contribution in [3.63, 3.8) is 0 Å². The molecule has 5 rings (SSSR count). The van der Waals surface area contributed by atoms with E-state index in [1.165, 1.54) is 0 Å². The number of anilines is 1. The number of nitrogens with zero attached hydrogens (tertiary/aromatic N) is 1. The number of nitrogens with one attached hydrogen (secondary N) is 1. The van der Waals surface area contributed by atoms with Crippen molar-refractivity contribution in [3.8, 4) is 23.0 Å². The fourth-order valence-corrected chi connectivity index (χ4v) is 3.94. The van der Waals surface area contributed by atoms with Crippen LogP contribution in [0.4, 0.5) is 10.5 Å². The molecule has 27 heavy (non-hydrogen) atoms. The van der Waals surface area contributed by atoms with E-state index < -0.39 is 6.04 Å². The lowest BCUT2D eigenvalue weighted by molar-refractivity contribution is 0.173. The molecule has 2 aromatic rings. The molecule has 1 unspecified atom stereocenters. The molecule has 1 N–H and O–H groups in total. The summed E-state index contributed by atoms with van der Waals surface area (Å²) in [4.78, 5) is 14.6. The van der Waals surface area contributed by atoms with Crippen LogP contribution in [0.2, 0.25) is 5.02 Å². The Kier molecular flexibility index (Phi) is 3.55. The zero-order valence-electron chi connectivity index (χ0n) is 14.7. The molecule has 0 fully saturated rings. The number of rotatable bonds is 2. The molecule has 1 atom stereocenters. The minimum absolute atomic E-state index is 0.0303. The van der Waals surface area contributed by atoms with E-state index in [0.717, 1.165) is 16.8 Å². The van der Waals surface area contributed by atoms with Gasteiger partial charge < -0.3 is 24.3 Å².